The molecule has 0 aliphatic heterocycles. The number of allylic oxidation sites excluding steroid dienone is 28. The predicted molar refractivity (Wildman–Crippen MR) is 408 cm³/mol. The summed E-state index contributed by atoms with van der Waals surface area (Å²) in [5.41, 5.74) is 0. The van der Waals surface area contributed by atoms with E-state index in [1.165, 1.54) is 128 Å². The van der Waals surface area contributed by atoms with Gasteiger partial charge in [-0.05, 0) is 128 Å². The van der Waals surface area contributed by atoms with E-state index in [1.54, 1.807) is 0 Å². The van der Waals surface area contributed by atoms with Crippen molar-refractivity contribution < 1.29 is 42.1 Å². The van der Waals surface area contributed by atoms with E-state index in [2.05, 4.69) is 184 Å². The number of rotatable bonds is 68. The Morgan fingerprint density at radius 1 is 0.330 bits per heavy atom. The largest absolute Gasteiger partial charge is 0.472 e. The number of quaternary nitrogens is 1. The number of carbonyl (C=O) groups is 2. The summed E-state index contributed by atoms with van der Waals surface area (Å²) in [6.07, 6.45) is 110. The molecule has 0 aliphatic rings. The smallest absolute Gasteiger partial charge is 0.462 e. The van der Waals surface area contributed by atoms with E-state index in [0.717, 1.165) is 135 Å². The van der Waals surface area contributed by atoms with Crippen molar-refractivity contribution in [2.45, 2.75) is 302 Å². The lowest BCUT2D eigenvalue weighted by Crippen LogP contribution is -2.37. The summed E-state index contributed by atoms with van der Waals surface area (Å²) in [6.45, 7) is 4.21. The van der Waals surface area contributed by atoms with Gasteiger partial charge in [0.1, 0.15) is 19.8 Å². The molecule has 2 atom stereocenters. The Morgan fingerprint density at radius 2 is 0.574 bits per heavy atom. The van der Waals surface area contributed by atoms with Crippen LogP contribution < -0.4 is 0 Å². The minimum atomic E-state index is -4.41. The second-order valence-corrected chi connectivity index (χ2v) is 27.4. The van der Waals surface area contributed by atoms with Crippen molar-refractivity contribution in [3.05, 3.63) is 170 Å². The molecule has 94 heavy (non-hydrogen) atoms. The molecule has 10 heteroatoms. The number of unbranched alkanes of at least 4 members (excludes halogenated alkanes) is 26. The Bertz CT molecular complexity index is 2200. The summed E-state index contributed by atoms with van der Waals surface area (Å²) in [7, 11) is 1.46. The van der Waals surface area contributed by atoms with Crippen molar-refractivity contribution in [3.8, 4) is 0 Å². The molecule has 534 valence electrons. The summed E-state index contributed by atoms with van der Waals surface area (Å²) < 4.78 is 34.8. The van der Waals surface area contributed by atoms with Crippen LogP contribution in [0.15, 0.2) is 170 Å². The fourth-order valence-electron chi connectivity index (χ4n) is 10.0. The summed E-state index contributed by atoms with van der Waals surface area (Å²) in [5, 5.41) is 0. The summed E-state index contributed by atoms with van der Waals surface area (Å²) >= 11 is 0. The Kier molecular flexibility index (Phi) is 69.1. The Labute approximate surface area is 578 Å². The van der Waals surface area contributed by atoms with Crippen LogP contribution in [0.5, 0.6) is 0 Å². The molecule has 0 radical (unpaired) electrons. The minimum absolute atomic E-state index is 0.0243. The maximum absolute atomic E-state index is 12.9. The SMILES string of the molecule is CC/C=C\C/C=C\C/C=C\C/C=C\C/C=C\C/C=C\C/C=C\C/C=C\C/C=C\CCCCCCCCCCCCCC(=O)OC(COC(=O)CCCCCCCCCCCCCCCCC/C=C\C/C=C\C/C=C\C/C=C\C/C=C\CC)COP(=O)(O)OCC[N+](C)(C)C. The molecule has 0 aromatic carbocycles. The van der Waals surface area contributed by atoms with E-state index in [0.29, 0.717) is 17.4 Å². The van der Waals surface area contributed by atoms with E-state index >= 15 is 0 Å². The standard InChI is InChI=1S/C84H140NO8P/c1-6-8-10-12-14-16-18-20-22-24-26-28-30-32-34-36-38-39-40-41-42-43-44-45-47-49-51-53-55-57-59-61-63-65-67-69-71-73-75-77-84(87)93-82(81-92-94(88,89)91-79-78-85(3,4)5)80-90-83(86)76-74-72-70-68-66-64-62-60-58-56-54-52-50-48-46-37-35-33-31-29-27-25-23-21-19-17-15-13-11-9-7-2/h8-11,14-17,20-23,26-29,32-35,38-39,41-42,44-45,49,51,82H,6-7,12-13,18-19,24-25,30-31,36-37,40,43,46-48,50,52-81H2,1-5H3/p+1/b10-8-,11-9-,16-14-,17-15-,22-20-,23-21-,28-26-,29-27-,34-32-,35-33-,39-38-,42-41-,45-44-,51-49-. The zero-order valence-electron chi connectivity index (χ0n) is 60.9. The topological polar surface area (TPSA) is 108 Å². The fraction of sp³-hybridized carbons (Fsp3) is 0.643. The number of hydrogen-bond donors (Lipinski definition) is 1. The normalized spacial score (nSPS) is 14.1. The molecule has 0 saturated heterocycles. The molecule has 0 aromatic heterocycles. The molecule has 2 unspecified atom stereocenters. The molecule has 0 amide bonds. The Balaban J connectivity index is 4.06. The van der Waals surface area contributed by atoms with Crippen LogP contribution in [0.1, 0.15) is 296 Å². The molecule has 0 fully saturated rings. The Morgan fingerprint density at radius 3 is 0.851 bits per heavy atom. The van der Waals surface area contributed by atoms with E-state index < -0.39 is 26.5 Å². The second-order valence-electron chi connectivity index (χ2n) is 25.9. The maximum atomic E-state index is 12.9. The third-order valence-corrected chi connectivity index (χ3v) is 16.7. The van der Waals surface area contributed by atoms with Crippen molar-refractivity contribution in [2.75, 3.05) is 47.5 Å². The van der Waals surface area contributed by atoms with Gasteiger partial charge in [-0.25, -0.2) is 4.57 Å². The summed E-state index contributed by atoms with van der Waals surface area (Å²) in [5.74, 6) is -0.803. The molecule has 0 saturated carbocycles. The average Bonchev–Trinajstić information content (AvgIpc) is 1.56. The van der Waals surface area contributed by atoms with E-state index in [4.69, 9.17) is 18.5 Å². The highest BCUT2D eigenvalue weighted by molar-refractivity contribution is 7.47. The molecule has 0 heterocycles. The number of hydrogen-bond acceptors (Lipinski definition) is 7. The number of likely N-dealkylation sites (N-methyl/N-ethyl adjacent to an activating group) is 1. The summed E-state index contributed by atoms with van der Waals surface area (Å²) in [4.78, 5) is 36.0. The van der Waals surface area contributed by atoms with Crippen molar-refractivity contribution in [2.24, 2.45) is 0 Å². The van der Waals surface area contributed by atoms with Crippen molar-refractivity contribution in [1.29, 1.82) is 0 Å². The molecule has 9 nitrogen and oxygen atoms in total. The lowest BCUT2D eigenvalue weighted by atomic mass is 10.0. The van der Waals surface area contributed by atoms with Crippen molar-refractivity contribution in [3.63, 3.8) is 0 Å². The van der Waals surface area contributed by atoms with Crippen LogP contribution in [0.2, 0.25) is 0 Å². The van der Waals surface area contributed by atoms with Crippen LogP contribution in [-0.2, 0) is 32.7 Å². The first-order valence-corrected chi connectivity index (χ1v) is 39.4. The zero-order chi connectivity index (χ0) is 68.3. The van der Waals surface area contributed by atoms with Crippen molar-refractivity contribution >= 4 is 19.8 Å². The monoisotopic (exact) mass is 1320 g/mol. The number of ether oxygens (including phenoxy) is 2. The fourth-order valence-corrected chi connectivity index (χ4v) is 10.8. The van der Waals surface area contributed by atoms with E-state index in [1.807, 2.05) is 21.1 Å². The predicted octanol–water partition coefficient (Wildman–Crippen LogP) is 25.3. The summed E-state index contributed by atoms with van der Waals surface area (Å²) in [6, 6.07) is 0. The van der Waals surface area contributed by atoms with Crippen LogP contribution in [0.4, 0.5) is 0 Å². The van der Waals surface area contributed by atoms with Gasteiger partial charge in [-0.3, -0.25) is 18.6 Å². The van der Waals surface area contributed by atoms with E-state index in [9.17, 15) is 19.0 Å². The van der Waals surface area contributed by atoms with Crippen LogP contribution in [0.3, 0.4) is 0 Å². The highest BCUT2D eigenvalue weighted by Crippen LogP contribution is 2.43. The van der Waals surface area contributed by atoms with Gasteiger partial charge in [0, 0.05) is 12.8 Å². The molecule has 0 spiro atoms. The minimum Gasteiger partial charge on any atom is -0.462 e. The number of phosphoric ester groups is 1. The molecular weight excluding hydrogens is 1180 g/mol. The first-order valence-electron chi connectivity index (χ1n) is 37.9. The van der Waals surface area contributed by atoms with Crippen LogP contribution in [0, 0.1) is 0 Å². The quantitative estimate of drug-likeness (QED) is 0.0211. The van der Waals surface area contributed by atoms with Gasteiger partial charge in [-0.2, -0.15) is 0 Å². The van der Waals surface area contributed by atoms with Gasteiger partial charge < -0.3 is 18.9 Å². The molecule has 0 aliphatic carbocycles. The number of esters is 2. The van der Waals surface area contributed by atoms with Gasteiger partial charge >= 0.3 is 19.8 Å². The Hall–Kier alpha value is -4.63. The lowest BCUT2D eigenvalue weighted by molar-refractivity contribution is -0.870. The number of phosphoric acid groups is 1. The molecular formula is C84H141NO8P+. The number of carbonyl (C=O) groups excluding carboxylic acids is 2. The first-order chi connectivity index (χ1) is 46.0. The van der Waals surface area contributed by atoms with Crippen LogP contribution in [-0.4, -0.2) is 74.9 Å². The van der Waals surface area contributed by atoms with Crippen LogP contribution >= 0.6 is 7.82 Å². The molecule has 1 N–H and O–H groups in total. The highest BCUT2D eigenvalue weighted by atomic mass is 31.2. The zero-order valence-corrected chi connectivity index (χ0v) is 61.8. The van der Waals surface area contributed by atoms with Gasteiger partial charge in [0.05, 0.1) is 27.7 Å². The van der Waals surface area contributed by atoms with Gasteiger partial charge in [0.15, 0.2) is 6.10 Å². The average molecular weight is 1320 g/mol. The van der Waals surface area contributed by atoms with Gasteiger partial charge in [-0.1, -0.05) is 325 Å². The van der Waals surface area contributed by atoms with Gasteiger partial charge in [0.2, 0.25) is 0 Å². The van der Waals surface area contributed by atoms with Gasteiger partial charge in [-0.15, -0.1) is 0 Å². The lowest BCUT2D eigenvalue weighted by Gasteiger charge is -2.24. The second kappa shape index (κ2) is 72.6. The highest BCUT2D eigenvalue weighted by Gasteiger charge is 2.27. The maximum Gasteiger partial charge on any atom is 0.472 e. The van der Waals surface area contributed by atoms with Crippen molar-refractivity contribution in [1.82, 2.24) is 0 Å². The first kappa shape index (κ1) is 89.4. The third kappa shape index (κ3) is 76.4. The molecule has 0 bridgehead atoms. The number of nitrogens with zero attached hydrogens (tertiary/aromatic N) is 1. The molecule has 0 aromatic rings. The van der Waals surface area contributed by atoms with Crippen LogP contribution in [0.25, 0.3) is 0 Å². The van der Waals surface area contributed by atoms with E-state index in [-0.39, 0.29) is 32.0 Å². The molecule has 0 rings (SSSR count). The third-order valence-electron chi connectivity index (χ3n) is 15.7. The van der Waals surface area contributed by atoms with Gasteiger partial charge in [0.25, 0.3) is 0 Å².